The third kappa shape index (κ3) is 1.92. The Morgan fingerprint density at radius 1 is 0.941 bits per heavy atom. The number of para-hydroxylation sites is 1. The first-order valence-corrected chi connectivity index (χ1v) is 5.82. The summed E-state index contributed by atoms with van der Waals surface area (Å²) < 4.78 is 5.77. The van der Waals surface area contributed by atoms with Gasteiger partial charge in [-0.25, -0.2) is 0 Å². The van der Waals surface area contributed by atoms with Crippen LogP contribution in [-0.4, -0.2) is 11.2 Å². The molecule has 3 rings (SSSR count). The monoisotopic (exact) mass is 226 g/mol. The minimum absolute atomic E-state index is 0.171. The average Bonchev–Trinajstić information content (AvgIpc) is 2.68. The molecule has 0 unspecified atom stereocenters. The van der Waals surface area contributed by atoms with Crippen molar-refractivity contribution in [3.05, 3.63) is 65.7 Å². The fourth-order valence-corrected chi connectivity index (χ4v) is 2.26. The van der Waals surface area contributed by atoms with E-state index in [1.807, 2.05) is 42.5 Å². The normalized spacial score (nSPS) is 21.9. The zero-order valence-corrected chi connectivity index (χ0v) is 9.41. The van der Waals surface area contributed by atoms with Crippen LogP contribution in [0.4, 0.5) is 0 Å². The van der Waals surface area contributed by atoms with E-state index in [-0.39, 0.29) is 6.10 Å². The number of hydrogen-bond acceptors (Lipinski definition) is 2. The number of aliphatic hydroxyl groups is 1. The van der Waals surface area contributed by atoms with E-state index < -0.39 is 6.10 Å². The van der Waals surface area contributed by atoms with Gasteiger partial charge in [-0.1, -0.05) is 48.5 Å². The van der Waals surface area contributed by atoms with Gasteiger partial charge in [0.05, 0.1) is 0 Å². The summed E-state index contributed by atoms with van der Waals surface area (Å²) in [5.41, 5.74) is 2.08. The molecule has 2 heteroatoms. The maximum Gasteiger partial charge on any atom is 0.133 e. The molecule has 2 aromatic carbocycles. The van der Waals surface area contributed by atoms with E-state index in [2.05, 4.69) is 12.1 Å². The summed E-state index contributed by atoms with van der Waals surface area (Å²) in [6.45, 7) is 0. The molecule has 17 heavy (non-hydrogen) atoms. The molecule has 1 aliphatic heterocycles. The van der Waals surface area contributed by atoms with Crippen LogP contribution >= 0.6 is 0 Å². The molecule has 0 fully saturated rings. The van der Waals surface area contributed by atoms with Crippen LogP contribution in [0, 0.1) is 0 Å². The van der Waals surface area contributed by atoms with Crippen molar-refractivity contribution in [1.82, 2.24) is 0 Å². The van der Waals surface area contributed by atoms with Crippen LogP contribution in [0.25, 0.3) is 0 Å². The Morgan fingerprint density at radius 2 is 1.65 bits per heavy atom. The molecular formula is C15H14O2. The van der Waals surface area contributed by atoms with Gasteiger partial charge in [0.2, 0.25) is 0 Å². The Kier molecular flexibility index (Phi) is 2.57. The van der Waals surface area contributed by atoms with Crippen LogP contribution < -0.4 is 4.74 Å². The smallest absolute Gasteiger partial charge is 0.133 e. The summed E-state index contributed by atoms with van der Waals surface area (Å²) in [7, 11) is 0. The summed E-state index contributed by atoms with van der Waals surface area (Å²) >= 11 is 0. The van der Waals surface area contributed by atoms with Crippen LogP contribution in [0.5, 0.6) is 5.75 Å². The fourth-order valence-electron chi connectivity index (χ4n) is 2.26. The number of fused-ring (bicyclic) bond motifs is 1. The molecule has 0 saturated heterocycles. The van der Waals surface area contributed by atoms with Gasteiger partial charge in [0.25, 0.3) is 0 Å². The first kappa shape index (κ1) is 10.4. The topological polar surface area (TPSA) is 29.5 Å². The molecule has 0 saturated carbocycles. The minimum Gasteiger partial charge on any atom is -0.487 e. The van der Waals surface area contributed by atoms with E-state index in [1.54, 1.807) is 0 Å². The van der Waals surface area contributed by atoms with E-state index in [9.17, 15) is 5.11 Å². The molecule has 0 aliphatic carbocycles. The standard InChI is InChI=1S/C15H14O2/c16-15-12-8-4-5-9-13(12)17-14(15)10-11-6-2-1-3-7-11/h1-9,14-16H,10H2/t14-,15-/m0/s1. The van der Waals surface area contributed by atoms with E-state index in [1.165, 1.54) is 5.56 Å². The van der Waals surface area contributed by atoms with Crippen molar-refractivity contribution in [1.29, 1.82) is 0 Å². The third-order valence-corrected chi connectivity index (χ3v) is 3.15. The number of benzene rings is 2. The zero-order chi connectivity index (χ0) is 11.7. The van der Waals surface area contributed by atoms with Crippen molar-refractivity contribution in [2.24, 2.45) is 0 Å². The van der Waals surface area contributed by atoms with E-state index in [0.29, 0.717) is 0 Å². The Morgan fingerprint density at radius 3 is 2.41 bits per heavy atom. The zero-order valence-electron chi connectivity index (χ0n) is 9.41. The molecule has 86 valence electrons. The molecule has 0 bridgehead atoms. The molecule has 1 aliphatic rings. The first-order chi connectivity index (χ1) is 8.34. The first-order valence-electron chi connectivity index (χ1n) is 5.82. The number of ether oxygens (including phenoxy) is 1. The molecule has 2 atom stereocenters. The molecule has 0 aromatic heterocycles. The van der Waals surface area contributed by atoms with Crippen molar-refractivity contribution in [3.63, 3.8) is 0 Å². The van der Waals surface area contributed by atoms with Gasteiger partial charge >= 0.3 is 0 Å². The Bertz CT molecular complexity index is 507. The molecule has 2 nitrogen and oxygen atoms in total. The molecular weight excluding hydrogens is 212 g/mol. The van der Waals surface area contributed by atoms with Crippen molar-refractivity contribution in [2.75, 3.05) is 0 Å². The fraction of sp³-hybridized carbons (Fsp3) is 0.200. The van der Waals surface area contributed by atoms with Crippen LogP contribution in [0.2, 0.25) is 0 Å². The SMILES string of the molecule is O[C@H]1c2ccccc2O[C@H]1Cc1ccccc1. The lowest BCUT2D eigenvalue weighted by atomic mass is 10.0. The number of hydrogen-bond donors (Lipinski definition) is 1. The highest BCUT2D eigenvalue weighted by Crippen LogP contribution is 2.37. The predicted molar refractivity (Wildman–Crippen MR) is 66.0 cm³/mol. The third-order valence-electron chi connectivity index (χ3n) is 3.15. The maximum atomic E-state index is 10.2. The summed E-state index contributed by atoms with van der Waals surface area (Å²) in [5.74, 6) is 0.806. The van der Waals surface area contributed by atoms with Gasteiger partial charge in [-0.3, -0.25) is 0 Å². The summed E-state index contributed by atoms with van der Waals surface area (Å²) in [6.07, 6.45) is 0.0395. The van der Waals surface area contributed by atoms with Crippen molar-refractivity contribution >= 4 is 0 Å². The second kappa shape index (κ2) is 4.22. The van der Waals surface area contributed by atoms with Gasteiger partial charge < -0.3 is 9.84 Å². The van der Waals surface area contributed by atoms with E-state index in [4.69, 9.17) is 4.74 Å². The lowest BCUT2D eigenvalue weighted by Gasteiger charge is -2.14. The van der Waals surface area contributed by atoms with Crippen molar-refractivity contribution in [2.45, 2.75) is 18.6 Å². The van der Waals surface area contributed by atoms with Crippen LogP contribution in [0.1, 0.15) is 17.2 Å². The van der Waals surface area contributed by atoms with Gasteiger partial charge in [-0.2, -0.15) is 0 Å². The largest absolute Gasteiger partial charge is 0.487 e. The van der Waals surface area contributed by atoms with Crippen LogP contribution in [-0.2, 0) is 6.42 Å². The molecule has 2 aromatic rings. The Hall–Kier alpha value is -1.80. The molecule has 1 N–H and O–H groups in total. The van der Waals surface area contributed by atoms with Crippen LogP contribution in [0.15, 0.2) is 54.6 Å². The van der Waals surface area contributed by atoms with Crippen LogP contribution in [0.3, 0.4) is 0 Å². The van der Waals surface area contributed by atoms with Gasteiger partial charge in [0.15, 0.2) is 0 Å². The summed E-state index contributed by atoms with van der Waals surface area (Å²) in [5, 5.41) is 10.2. The van der Waals surface area contributed by atoms with Gasteiger partial charge in [0, 0.05) is 12.0 Å². The van der Waals surface area contributed by atoms with Gasteiger partial charge in [-0.15, -0.1) is 0 Å². The van der Waals surface area contributed by atoms with Crippen molar-refractivity contribution < 1.29 is 9.84 Å². The minimum atomic E-state index is -0.522. The summed E-state index contributed by atoms with van der Waals surface area (Å²) in [6, 6.07) is 17.8. The second-order valence-electron chi connectivity index (χ2n) is 4.33. The quantitative estimate of drug-likeness (QED) is 0.853. The van der Waals surface area contributed by atoms with Gasteiger partial charge in [-0.05, 0) is 11.6 Å². The van der Waals surface area contributed by atoms with Gasteiger partial charge in [0.1, 0.15) is 18.0 Å². The van der Waals surface area contributed by atoms with E-state index in [0.717, 1.165) is 17.7 Å². The Balaban J connectivity index is 1.81. The average molecular weight is 226 g/mol. The maximum absolute atomic E-state index is 10.2. The van der Waals surface area contributed by atoms with Crippen molar-refractivity contribution in [3.8, 4) is 5.75 Å². The lowest BCUT2D eigenvalue weighted by Crippen LogP contribution is -2.21. The second-order valence-corrected chi connectivity index (χ2v) is 4.33. The summed E-state index contributed by atoms with van der Waals surface area (Å²) in [4.78, 5) is 0. The highest BCUT2D eigenvalue weighted by atomic mass is 16.5. The highest BCUT2D eigenvalue weighted by Gasteiger charge is 2.32. The molecule has 0 amide bonds. The molecule has 1 heterocycles. The number of aliphatic hydroxyl groups excluding tert-OH is 1. The van der Waals surface area contributed by atoms with E-state index >= 15 is 0 Å². The molecule has 0 spiro atoms. The predicted octanol–water partition coefficient (Wildman–Crippen LogP) is 2.72. The molecule has 0 radical (unpaired) electrons. The highest BCUT2D eigenvalue weighted by molar-refractivity contribution is 5.39. The number of rotatable bonds is 2. The Labute approximate surface area is 100 Å². The lowest BCUT2D eigenvalue weighted by molar-refractivity contribution is 0.0679.